The number of nitrogens with two attached hydrogens (primary N) is 1. The van der Waals surface area contributed by atoms with Crippen LogP contribution in [0.4, 0.5) is 0 Å². The third-order valence-electron chi connectivity index (χ3n) is 2.21. The Balaban J connectivity index is 2.45. The van der Waals surface area contributed by atoms with Crippen LogP contribution in [0.1, 0.15) is 17.3 Å². The normalized spacial score (nSPS) is 12.7. The van der Waals surface area contributed by atoms with Crippen molar-refractivity contribution < 1.29 is 0 Å². The van der Waals surface area contributed by atoms with Crippen molar-refractivity contribution in [2.24, 2.45) is 12.9 Å². The number of aryl methyl sites for hydroxylation is 1. The molecule has 0 bridgehead atoms. The molecule has 1 atom stereocenters. The number of rotatable bonds is 3. The summed E-state index contributed by atoms with van der Waals surface area (Å²) in [5, 5.41) is 15.3. The highest BCUT2D eigenvalue weighted by Crippen LogP contribution is 2.24. The molecule has 0 fully saturated rings. The van der Waals surface area contributed by atoms with Crippen LogP contribution in [0.25, 0.3) is 0 Å². The molecule has 0 amide bonds. The van der Waals surface area contributed by atoms with E-state index in [-0.39, 0.29) is 6.04 Å². The lowest BCUT2D eigenvalue weighted by Gasteiger charge is -2.15. The van der Waals surface area contributed by atoms with E-state index in [9.17, 15) is 0 Å². The van der Waals surface area contributed by atoms with Crippen LogP contribution >= 0.6 is 15.9 Å². The van der Waals surface area contributed by atoms with Crippen LogP contribution in [0.5, 0.6) is 0 Å². The zero-order valence-corrected chi connectivity index (χ0v) is 10.1. The Bertz CT molecular complexity index is 449. The standard InChI is InChI=1S/C8H10BrN7/c1-16-7(8(9)14-15-16)6(13-10)5-2-3-11-12-4-5/h2-4,6,13H,10H2,1H3. The molecule has 0 saturated heterocycles. The molecule has 7 nitrogen and oxygen atoms in total. The topological polar surface area (TPSA) is 94.5 Å². The Morgan fingerprint density at radius 1 is 1.50 bits per heavy atom. The van der Waals surface area contributed by atoms with Gasteiger partial charge >= 0.3 is 0 Å². The molecular weight excluding hydrogens is 274 g/mol. The van der Waals surface area contributed by atoms with Crippen molar-refractivity contribution in [3.8, 4) is 0 Å². The summed E-state index contributed by atoms with van der Waals surface area (Å²) in [7, 11) is 1.80. The average Bonchev–Trinajstić information content (AvgIpc) is 2.63. The maximum atomic E-state index is 5.55. The maximum absolute atomic E-state index is 5.55. The Hall–Kier alpha value is -1.38. The summed E-state index contributed by atoms with van der Waals surface area (Å²) in [5.41, 5.74) is 4.43. The minimum absolute atomic E-state index is 0.232. The smallest absolute Gasteiger partial charge is 0.153 e. The van der Waals surface area contributed by atoms with E-state index in [1.165, 1.54) is 0 Å². The third kappa shape index (κ3) is 1.94. The lowest BCUT2D eigenvalue weighted by atomic mass is 10.1. The van der Waals surface area contributed by atoms with Crippen LogP contribution in [-0.4, -0.2) is 25.2 Å². The van der Waals surface area contributed by atoms with E-state index in [2.05, 4.69) is 41.9 Å². The SMILES string of the molecule is Cn1nnc(Br)c1C(NN)c1ccnnc1. The van der Waals surface area contributed by atoms with Crippen molar-refractivity contribution in [3.63, 3.8) is 0 Å². The van der Waals surface area contributed by atoms with E-state index in [4.69, 9.17) is 5.84 Å². The van der Waals surface area contributed by atoms with Crippen molar-refractivity contribution in [2.75, 3.05) is 0 Å². The summed E-state index contributed by atoms with van der Waals surface area (Å²) in [6, 6.07) is 1.60. The fraction of sp³-hybridized carbons (Fsp3) is 0.250. The van der Waals surface area contributed by atoms with E-state index >= 15 is 0 Å². The summed E-state index contributed by atoms with van der Waals surface area (Å²) < 4.78 is 2.30. The molecular formula is C8H10BrN7. The molecule has 0 aliphatic carbocycles. The number of hydrogen-bond donors (Lipinski definition) is 2. The first-order valence-electron chi connectivity index (χ1n) is 4.52. The summed E-state index contributed by atoms with van der Waals surface area (Å²) in [6.45, 7) is 0. The molecule has 0 aromatic carbocycles. The number of nitrogens with one attached hydrogen (secondary N) is 1. The molecule has 0 spiro atoms. The second kappa shape index (κ2) is 4.64. The first-order chi connectivity index (χ1) is 7.74. The van der Waals surface area contributed by atoms with Gasteiger partial charge in [0.25, 0.3) is 0 Å². The molecule has 0 radical (unpaired) electrons. The second-order valence-electron chi connectivity index (χ2n) is 3.16. The lowest BCUT2D eigenvalue weighted by molar-refractivity contribution is 0.566. The van der Waals surface area contributed by atoms with Gasteiger partial charge in [-0.1, -0.05) is 5.21 Å². The molecule has 0 aliphatic heterocycles. The Morgan fingerprint density at radius 2 is 2.31 bits per heavy atom. The number of aromatic nitrogens is 5. The molecule has 2 heterocycles. The van der Waals surface area contributed by atoms with Crippen molar-refractivity contribution in [3.05, 3.63) is 34.3 Å². The highest BCUT2D eigenvalue weighted by molar-refractivity contribution is 9.10. The summed E-state index contributed by atoms with van der Waals surface area (Å²) >= 11 is 3.33. The second-order valence-corrected chi connectivity index (χ2v) is 3.92. The number of hydrogen-bond acceptors (Lipinski definition) is 6. The maximum Gasteiger partial charge on any atom is 0.153 e. The Labute approximate surface area is 100 Å². The van der Waals surface area contributed by atoms with Crippen molar-refractivity contribution >= 4 is 15.9 Å². The van der Waals surface area contributed by atoms with Gasteiger partial charge in [-0.25, -0.2) is 10.1 Å². The minimum Gasteiger partial charge on any atom is -0.271 e. The van der Waals surface area contributed by atoms with Crippen LogP contribution in [0.2, 0.25) is 0 Å². The fourth-order valence-corrected chi connectivity index (χ4v) is 2.01. The highest BCUT2D eigenvalue weighted by atomic mass is 79.9. The van der Waals surface area contributed by atoms with Gasteiger partial charge in [0.05, 0.1) is 17.9 Å². The van der Waals surface area contributed by atoms with Crippen molar-refractivity contribution in [1.29, 1.82) is 0 Å². The quantitative estimate of drug-likeness (QED) is 0.604. The molecule has 0 saturated carbocycles. The predicted octanol–water partition coefficient (Wildman–Crippen LogP) is -0.0797. The molecule has 2 rings (SSSR count). The summed E-state index contributed by atoms with van der Waals surface area (Å²) in [6.07, 6.45) is 3.25. The summed E-state index contributed by atoms with van der Waals surface area (Å²) in [5.74, 6) is 5.55. The summed E-state index contributed by atoms with van der Waals surface area (Å²) in [4.78, 5) is 0. The van der Waals surface area contributed by atoms with Crippen molar-refractivity contribution in [2.45, 2.75) is 6.04 Å². The van der Waals surface area contributed by atoms with Gasteiger partial charge in [0.2, 0.25) is 0 Å². The van der Waals surface area contributed by atoms with Crippen molar-refractivity contribution in [1.82, 2.24) is 30.6 Å². The van der Waals surface area contributed by atoms with E-state index < -0.39 is 0 Å². The van der Waals surface area contributed by atoms with Gasteiger partial charge in [0.1, 0.15) is 0 Å². The molecule has 16 heavy (non-hydrogen) atoms. The highest BCUT2D eigenvalue weighted by Gasteiger charge is 2.20. The fourth-order valence-electron chi connectivity index (χ4n) is 1.45. The van der Waals surface area contributed by atoms with Crippen LogP contribution in [-0.2, 0) is 7.05 Å². The van der Waals surface area contributed by atoms with Gasteiger partial charge in [-0.05, 0) is 27.6 Å². The number of halogens is 1. The third-order valence-corrected chi connectivity index (χ3v) is 2.77. The number of nitrogens with zero attached hydrogens (tertiary/aromatic N) is 5. The molecule has 8 heteroatoms. The van der Waals surface area contributed by atoms with E-state index in [1.54, 1.807) is 24.1 Å². The van der Waals surface area contributed by atoms with Gasteiger partial charge in [-0.15, -0.1) is 5.10 Å². The largest absolute Gasteiger partial charge is 0.271 e. The zero-order valence-electron chi connectivity index (χ0n) is 8.50. The minimum atomic E-state index is -0.232. The van der Waals surface area contributed by atoms with Gasteiger partial charge in [0, 0.05) is 13.2 Å². The first kappa shape index (κ1) is 11.1. The molecule has 2 aromatic heterocycles. The molecule has 2 aromatic rings. The predicted molar refractivity (Wildman–Crippen MR) is 59.9 cm³/mol. The van der Waals surface area contributed by atoms with Crippen LogP contribution in [0.3, 0.4) is 0 Å². The lowest BCUT2D eigenvalue weighted by Crippen LogP contribution is -2.30. The van der Waals surface area contributed by atoms with Crippen LogP contribution in [0.15, 0.2) is 23.1 Å². The monoisotopic (exact) mass is 283 g/mol. The number of hydrazine groups is 1. The van der Waals surface area contributed by atoms with Crippen LogP contribution in [0, 0.1) is 0 Å². The van der Waals surface area contributed by atoms with Gasteiger partial charge in [0.15, 0.2) is 4.60 Å². The Kier molecular flexibility index (Phi) is 3.22. The molecule has 1 unspecified atom stereocenters. The van der Waals surface area contributed by atoms with Gasteiger partial charge in [-0.2, -0.15) is 10.2 Å². The zero-order chi connectivity index (χ0) is 11.5. The first-order valence-corrected chi connectivity index (χ1v) is 5.31. The Morgan fingerprint density at radius 3 is 2.81 bits per heavy atom. The average molecular weight is 284 g/mol. The van der Waals surface area contributed by atoms with E-state index in [0.717, 1.165) is 11.3 Å². The molecule has 0 aliphatic rings. The van der Waals surface area contributed by atoms with Crippen LogP contribution < -0.4 is 11.3 Å². The van der Waals surface area contributed by atoms with E-state index in [1.807, 2.05) is 6.07 Å². The molecule has 3 N–H and O–H groups in total. The van der Waals surface area contributed by atoms with Gasteiger partial charge in [-0.3, -0.25) is 5.84 Å². The molecule has 84 valence electrons. The van der Waals surface area contributed by atoms with Gasteiger partial charge < -0.3 is 0 Å². The van der Waals surface area contributed by atoms with E-state index in [0.29, 0.717) is 4.60 Å².